The van der Waals surface area contributed by atoms with Crippen molar-refractivity contribution in [3.8, 4) is 11.1 Å². The van der Waals surface area contributed by atoms with Crippen molar-refractivity contribution in [1.82, 2.24) is 0 Å². The summed E-state index contributed by atoms with van der Waals surface area (Å²) in [6, 6.07) is 20.8. The lowest BCUT2D eigenvalue weighted by molar-refractivity contribution is -0.192. The standard InChI is InChI=1S/C12H10.C2HF3O2/c1-3-7-11(8-4-1)12-9-5-2-6-10-12;3-2(4,5)1(6)7/h1-10H;(H,6,7). The lowest BCUT2D eigenvalue weighted by atomic mass is 10.1. The van der Waals surface area contributed by atoms with Gasteiger partial charge in [-0.05, 0) is 11.1 Å². The molecule has 0 heterocycles. The van der Waals surface area contributed by atoms with Crippen LogP contribution >= 0.6 is 0 Å². The summed E-state index contributed by atoms with van der Waals surface area (Å²) in [6.45, 7) is 0. The van der Waals surface area contributed by atoms with Gasteiger partial charge in [-0.2, -0.15) is 13.2 Å². The SMILES string of the molecule is O=C(O)C(F)(F)F.c1ccc(-c2ccccc2)cc1. The molecule has 2 aromatic carbocycles. The van der Waals surface area contributed by atoms with Crippen LogP contribution in [-0.4, -0.2) is 17.3 Å². The molecule has 0 radical (unpaired) electrons. The van der Waals surface area contributed by atoms with E-state index >= 15 is 0 Å². The Morgan fingerprint density at radius 3 is 1.26 bits per heavy atom. The van der Waals surface area contributed by atoms with Crippen molar-refractivity contribution in [2.24, 2.45) is 0 Å². The molecule has 0 aliphatic heterocycles. The van der Waals surface area contributed by atoms with E-state index in [0.29, 0.717) is 0 Å². The minimum absolute atomic E-state index is 1.28. The molecule has 0 aromatic heterocycles. The van der Waals surface area contributed by atoms with E-state index in [-0.39, 0.29) is 0 Å². The van der Waals surface area contributed by atoms with Crippen LogP contribution in [-0.2, 0) is 4.79 Å². The monoisotopic (exact) mass is 268 g/mol. The molecule has 0 amide bonds. The van der Waals surface area contributed by atoms with Crippen molar-refractivity contribution < 1.29 is 23.1 Å². The van der Waals surface area contributed by atoms with Gasteiger partial charge in [0.15, 0.2) is 0 Å². The third kappa shape index (κ3) is 5.25. The maximum atomic E-state index is 10.6. The van der Waals surface area contributed by atoms with Gasteiger partial charge in [0.1, 0.15) is 0 Å². The highest BCUT2D eigenvalue weighted by Gasteiger charge is 2.38. The second kappa shape index (κ2) is 6.58. The summed E-state index contributed by atoms with van der Waals surface area (Å²) >= 11 is 0. The van der Waals surface area contributed by atoms with Crippen LogP contribution in [0.5, 0.6) is 0 Å². The van der Waals surface area contributed by atoms with Gasteiger partial charge in [0.2, 0.25) is 0 Å². The van der Waals surface area contributed by atoms with Gasteiger partial charge >= 0.3 is 12.1 Å². The van der Waals surface area contributed by atoms with E-state index in [1.807, 2.05) is 12.1 Å². The molecule has 0 aliphatic rings. The lowest BCUT2D eigenvalue weighted by Crippen LogP contribution is -2.21. The molecule has 100 valence electrons. The van der Waals surface area contributed by atoms with Crippen molar-refractivity contribution in [2.75, 3.05) is 0 Å². The molecule has 2 aromatic rings. The molecule has 2 nitrogen and oxygen atoms in total. The zero-order valence-corrected chi connectivity index (χ0v) is 9.76. The molecule has 19 heavy (non-hydrogen) atoms. The van der Waals surface area contributed by atoms with Crippen LogP contribution in [0.25, 0.3) is 11.1 Å². The first-order valence-corrected chi connectivity index (χ1v) is 5.32. The topological polar surface area (TPSA) is 37.3 Å². The number of benzene rings is 2. The molecule has 0 bridgehead atoms. The number of halogens is 3. The molecule has 0 atom stereocenters. The van der Waals surface area contributed by atoms with Crippen LogP contribution in [0, 0.1) is 0 Å². The second-order valence-corrected chi connectivity index (χ2v) is 3.53. The smallest absolute Gasteiger partial charge is 0.475 e. The fraction of sp³-hybridized carbons (Fsp3) is 0.0714. The molecular formula is C14H11F3O2. The molecule has 0 saturated carbocycles. The van der Waals surface area contributed by atoms with Crippen LogP contribution in [0.4, 0.5) is 13.2 Å². The maximum Gasteiger partial charge on any atom is 0.490 e. The molecular weight excluding hydrogens is 257 g/mol. The number of alkyl halides is 3. The van der Waals surface area contributed by atoms with Crippen molar-refractivity contribution in [1.29, 1.82) is 0 Å². The van der Waals surface area contributed by atoms with Gasteiger partial charge in [0, 0.05) is 0 Å². The fourth-order valence-corrected chi connectivity index (χ4v) is 1.26. The third-order valence-electron chi connectivity index (χ3n) is 2.12. The van der Waals surface area contributed by atoms with Crippen LogP contribution in [0.15, 0.2) is 60.7 Å². The molecule has 5 heteroatoms. The molecule has 0 spiro atoms. The van der Waals surface area contributed by atoms with Crippen molar-refractivity contribution in [3.63, 3.8) is 0 Å². The number of hydrogen-bond donors (Lipinski definition) is 1. The van der Waals surface area contributed by atoms with E-state index in [1.54, 1.807) is 0 Å². The lowest BCUT2D eigenvalue weighted by Gasteiger charge is -1.98. The molecule has 0 saturated heterocycles. The van der Waals surface area contributed by atoms with Crippen LogP contribution in [0.3, 0.4) is 0 Å². The van der Waals surface area contributed by atoms with E-state index in [1.165, 1.54) is 11.1 Å². The van der Waals surface area contributed by atoms with Crippen LogP contribution in [0.2, 0.25) is 0 Å². The van der Waals surface area contributed by atoms with Gasteiger partial charge in [0.25, 0.3) is 0 Å². The Labute approximate surface area is 108 Å². The van der Waals surface area contributed by atoms with Crippen molar-refractivity contribution in [2.45, 2.75) is 6.18 Å². The van der Waals surface area contributed by atoms with Gasteiger partial charge in [-0.25, -0.2) is 4.79 Å². The Morgan fingerprint density at radius 2 is 1.05 bits per heavy atom. The van der Waals surface area contributed by atoms with E-state index in [2.05, 4.69) is 48.5 Å². The Hall–Kier alpha value is -2.30. The molecule has 0 unspecified atom stereocenters. The predicted octanol–water partition coefficient (Wildman–Crippen LogP) is 3.99. The first-order valence-electron chi connectivity index (χ1n) is 5.32. The Morgan fingerprint density at radius 1 is 0.789 bits per heavy atom. The fourth-order valence-electron chi connectivity index (χ4n) is 1.26. The van der Waals surface area contributed by atoms with Gasteiger partial charge in [-0.3, -0.25) is 0 Å². The minimum Gasteiger partial charge on any atom is -0.475 e. The molecule has 1 N–H and O–H groups in total. The van der Waals surface area contributed by atoms with E-state index in [9.17, 15) is 13.2 Å². The largest absolute Gasteiger partial charge is 0.490 e. The normalized spacial score (nSPS) is 10.3. The average molecular weight is 268 g/mol. The molecule has 0 aliphatic carbocycles. The molecule has 0 fully saturated rings. The number of carboxylic acids is 1. The zero-order valence-electron chi connectivity index (χ0n) is 9.76. The first-order chi connectivity index (χ1) is 8.91. The summed E-state index contributed by atoms with van der Waals surface area (Å²) in [5.74, 6) is -2.76. The Balaban J connectivity index is 0.000000224. The van der Waals surface area contributed by atoms with Gasteiger partial charge in [-0.15, -0.1) is 0 Å². The first kappa shape index (κ1) is 14.8. The van der Waals surface area contributed by atoms with Crippen LogP contribution in [0.1, 0.15) is 0 Å². The minimum atomic E-state index is -5.08. The second-order valence-electron chi connectivity index (χ2n) is 3.53. The predicted molar refractivity (Wildman–Crippen MR) is 65.6 cm³/mol. The highest BCUT2D eigenvalue weighted by atomic mass is 19.4. The van der Waals surface area contributed by atoms with Gasteiger partial charge < -0.3 is 5.11 Å². The van der Waals surface area contributed by atoms with Crippen molar-refractivity contribution in [3.05, 3.63) is 60.7 Å². The van der Waals surface area contributed by atoms with Gasteiger partial charge in [0.05, 0.1) is 0 Å². The summed E-state index contributed by atoms with van der Waals surface area (Å²) in [5, 5.41) is 7.12. The number of rotatable bonds is 1. The quantitative estimate of drug-likeness (QED) is 0.849. The summed E-state index contributed by atoms with van der Waals surface area (Å²) in [7, 11) is 0. The third-order valence-corrected chi connectivity index (χ3v) is 2.12. The highest BCUT2D eigenvalue weighted by Crippen LogP contribution is 2.17. The average Bonchev–Trinajstić information content (AvgIpc) is 2.40. The van der Waals surface area contributed by atoms with Crippen molar-refractivity contribution >= 4 is 5.97 Å². The highest BCUT2D eigenvalue weighted by molar-refractivity contribution is 5.73. The maximum absolute atomic E-state index is 10.6. The number of carbonyl (C=O) groups is 1. The summed E-state index contributed by atoms with van der Waals surface area (Å²) in [4.78, 5) is 8.90. The number of aliphatic carboxylic acids is 1. The number of carboxylic acid groups (broad SMARTS) is 1. The van der Waals surface area contributed by atoms with E-state index < -0.39 is 12.1 Å². The zero-order chi connectivity index (χ0) is 14.3. The van der Waals surface area contributed by atoms with E-state index in [4.69, 9.17) is 9.90 Å². The van der Waals surface area contributed by atoms with Crippen LogP contribution < -0.4 is 0 Å². The Bertz CT molecular complexity index is 470. The van der Waals surface area contributed by atoms with E-state index in [0.717, 1.165) is 0 Å². The Kier molecular flexibility index (Phi) is 5.11. The summed E-state index contributed by atoms with van der Waals surface area (Å²) in [5.41, 5.74) is 2.55. The summed E-state index contributed by atoms with van der Waals surface area (Å²) in [6.07, 6.45) is -5.08. The van der Waals surface area contributed by atoms with Gasteiger partial charge in [-0.1, -0.05) is 60.7 Å². The number of hydrogen-bond acceptors (Lipinski definition) is 1. The summed E-state index contributed by atoms with van der Waals surface area (Å²) < 4.78 is 31.7. The molecule has 2 rings (SSSR count).